The molecule has 0 fully saturated rings. The van der Waals surface area contributed by atoms with Crippen LogP contribution in [0.1, 0.15) is 26.3 Å². The van der Waals surface area contributed by atoms with Crippen LogP contribution in [0.2, 0.25) is 5.02 Å². The Bertz CT molecular complexity index is 344. The molecule has 0 atom stereocenters. The number of hydrogen-bond acceptors (Lipinski definition) is 1. The molecule has 2 nitrogen and oxygen atoms in total. The van der Waals surface area contributed by atoms with Crippen molar-refractivity contribution >= 4 is 11.6 Å². The van der Waals surface area contributed by atoms with Crippen molar-refractivity contribution in [3.63, 3.8) is 0 Å². The maximum Gasteiger partial charge on any atom is 0.137 e. The number of aryl methyl sites for hydroxylation is 1. The molecule has 3 heteroatoms. The zero-order valence-electron chi connectivity index (χ0n) is 10.5. The summed E-state index contributed by atoms with van der Waals surface area (Å²) in [5, 5.41) is 3.03. The molecule has 1 rings (SSSR count). The van der Waals surface area contributed by atoms with Crippen LogP contribution in [-0.2, 0) is 0 Å². The van der Waals surface area contributed by atoms with Crippen molar-refractivity contribution in [2.75, 3.05) is 13.2 Å². The highest BCUT2D eigenvalue weighted by Gasteiger charge is 2.12. The summed E-state index contributed by atoms with van der Waals surface area (Å²) in [5.74, 6) is 0.923. The normalized spacial score (nSPS) is 11.6. The average Bonchev–Trinajstić information content (AvgIpc) is 2.13. The lowest BCUT2D eigenvalue weighted by atomic mass is 10.1. The van der Waals surface area contributed by atoms with Crippen LogP contribution in [0.25, 0.3) is 0 Å². The maximum absolute atomic E-state index is 5.88. The van der Waals surface area contributed by atoms with Gasteiger partial charge in [-0.05, 0) is 51.5 Å². The lowest BCUT2D eigenvalue weighted by molar-refractivity contribution is -0.717. The lowest BCUT2D eigenvalue weighted by Crippen LogP contribution is -2.95. The molecule has 0 unspecified atom stereocenters. The molecule has 0 radical (unpaired) electrons. The molecule has 0 spiro atoms. The van der Waals surface area contributed by atoms with E-state index in [0.717, 1.165) is 29.5 Å². The van der Waals surface area contributed by atoms with E-state index in [0.29, 0.717) is 0 Å². The van der Waals surface area contributed by atoms with Gasteiger partial charge in [-0.3, -0.25) is 0 Å². The molecule has 0 heterocycles. The first-order valence-electron chi connectivity index (χ1n) is 5.62. The van der Waals surface area contributed by atoms with Gasteiger partial charge < -0.3 is 10.1 Å². The van der Waals surface area contributed by atoms with Crippen LogP contribution in [0.3, 0.4) is 0 Å². The summed E-state index contributed by atoms with van der Waals surface area (Å²) in [4.78, 5) is 0. The van der Waals surface area contributed by atoms with Crippen molar-refractivity contribution in [2.24, 2.45) is 0 Å². The van der Waals surface area contributed by atoms with E-state index < -0.39 is 0 Å². The minimum atomic E-state index is 0.262. The van der Waals surface area contributed by atoms with Crippen molar-refractivity contribution < 1.29 is 10.1 Å². The number of halogens is 1. The van der Waals surface area contributed by atoms with Gasteiger partial charge >= 0.3 is 0 Å². The summed E-state index contributed by atoms with van der Waals surface area (Å²) >= 11 is 5.88. The third-order valence-electron chi connectivity index (χ3n) is 2.27. The van der Waals surface area contributed by atoms with Gasteiger partial charge in [0.15, 0.2) is 0 Å². The molecule has 0 amide bonds. The van der Waals surface area contributed by atoms with Gasteiger partial charge in [0, 0.05) is 5.02 Å². The summed E-state index contributed by atoms with van der Waals surface area (Å²) in [6.07, 6.45) is 0. The highest BCUT2D eigenvalue weighted by atomic mass is 35.5. The SMILES string of the molecule is Cc1cc(Cl)ccc1OCC[NH2+]C(C)(C)C. The van der Waals surface area contributed by atoms with E-state index in [1.165, 1.54) is 0 Å². The molecule has 0 bridgehead atoms. The van der Waals surface area contributed by atoms with Gasteiger partial charge in [0.25, 0.3) is 0 Å². The highest BCUT2D eigenvalue weighted by molar-refractivity contribution is 6.30. The fraction of sp³-hybridized carbons (Fsp3) is 0.538. The first-order chi connectivity index (χ1) is 7.38. The van der Waals surface area contributed by atoms with E-state index in [1.54, 1.807) is 0 Å². The number of hydrogen-bond donors (Lipinski definition) is 1. The predicted molar refractivity (Wildman–Crippen MR) is 68.2 cm³/mol. The minimum Gasteiger partial charge on any atom is -0.487 e. The van der Waals surface area contributed by atoms with Gasteiger partial charge in [0.1, 0.15) is 18.9 Å². The number of benzene rings is 1. The van der Waals surface area contributed by atoms with Gasteiger partial charge in [-0.15, -0.1) is 0 Å². The zero-order chi connectivity index (χ0) is 12.2. The Hall–Kier alpha value is -0.730. The Kier molecular flexibility index (Phi) is 4.63. The van der Waals surface area contributed by atoms with Gasteiger partial charge in [0.05, 0.1) is 5.54 Å². The Morgan fingerprint density at radius 2 is 2.00 bits per heavy atom. The Morgan fingerprint density at radius 1 is 1.31 bits per heavy atom. The van der Waals surface area contributed by atoms with Crippen LogP contribution in [0.5, 0.6) is 5.75 Å². The molecule has 0 aliphatic rings. The number of rotatable bonds is 4. The van der Waals surface area contributed by atoms with E-state index >= 15 is 0 Å². The van der Waals surface area contributed by atoms with Crippen molar-refractivity contribution in [3.05, 3.63) is 28.8 Å². The van der Waals surface area contributed by atoms with Gasteiger partial charge in [0.2, 0.25) is 0 Å². The lowest BCUT2D eigenvalue weighted by Gasteiger charge is -2.17. The molecule has 1 aromatic carbocycles. The average molecular weight is 243 g/mol. The fourth-order valence-electron chi connectivity index (χ4n) is 1.44. The summed E-state index contributed by atoms with van der Waals surface area (Å²) in [7, 11) is 0. The number of nitrogens with two attached hydrogens (primary N) is 1. The van der Waals surface area contributed by atoms with Crippen molar-refractivity contribution in [1.29, 1.82) is 0 Å². The van der Waals surface area contributed by atoms with Crippen LogP contribution in [0.4, 0.5) is 0 Å². The number of ether oxygens (including phenoxy) is 1. The Labute approximate surface area is 103 Å². The first kappa shape index (κ1) is 13.3. The first-order valence-corrected chi connectivity index (χ1v) is 5.99. The Balaban J connectivity index is 2.38. The molecular formula is C13H21ClNO+. The third-order valence-corrected chi connectivity index (χ3v) is 2.50. The van der Waals surface area contributed by atoms with E-state index in [9.17, 15) is 0 Å². The van der Waals surface area contributed by atoms with Crippen LogP contribution in [0, 0.1) is 6.92 Å². The smallest absolute Gasteiger partial charge is 0.137 e. The largest absolute Gasteiger partial charge is 0.487 e. The highest BCUT2D eigenvalue weighted by Crippen LogP contribution is 2.21. The molecule has 0 saturated carbocycles. The predicted octanol–water partition coefficient (Wildman–Crippen LogP) is 2.39. The summed E-state index contributed by atoms with van der Waals surface area (Å²) in [6, 6.07) is 5.70. The molecule has 2 N–H and O–H groups in total. The van der Waals surface area contributed by atoms with Gasteiger partial charge in [-0.2, -0.15) is 0 Å². The minimum absolute atomic E-state index is 0.262. The monoisotopic (exact) mass is 242 g/mol. The molecule has 16 heavy (non-hydrogen) atoms. The van der Waals surface area contributed by atoms with Gasteiger partial charge in [-0.25, -0.2) is 0 Å². The molecule has 90 valence electrons. The second-order valence-electron chi connectivity index (χ2n) is 5.12. The van der Waals surface area contributed by atoms with Crippen LogP contribution in [-0.4, -0.2) is 18.7 Å². The molecule has 0 aromatic heterocycles. The van der Waals surface area contributed by atoms with Crippen molar-refractivity contribution in [3.8, 4) is 5.75 Å². The standard InChI is InChI=1S/C13H20ClNO/c1-10-9-11(14)5-6-12(10)16-8-7-15-13(2,3)4/h5-6,9,15H,7-8H2,1-4H3/p+1. The van der Waals surface area contributed by atoms with Gasteiger partial charge in [-0.1, -0.05) is 11.6 Å². The maximum atomic E-state index is 5.88. The van der Waals surface area contributed by atoms with Crippen LogP contribution < -0.4 is 10.1 Å². The Morgan fingerprint density at radius 3 is 2.56 bits per heavy atom. The summed E-state index contributed by atoms with van der Waals surface area (Å²) in [6.45, 7) is 10.3. The van der Waals surface area contributed by atoms with E-state index in [2.05, 4.69) is 26.1 Å². The molecule has 0 aliphatic heterocycles. The quantitative estimate of drug-likeness (QED) is 0.807. The molecular weight excluding hydrogens is 222 g/mol. The summed E-state index contributed by atoms with van der Waals surface area (Å²) < 4.78 is 5.70. The van der Waals surface area contributed by atoms with Crippen molar-refractivity contribution in [2.45, 2.75) is 33.2 Å². The van der Waals surface area contributed by atoms with Crippen molar-refractivity contribution in [1.82, 2.24) is 0 Å². The molecule has 0 aliphatic carbocycles. The van der Waals surface area contributed by atoms with Crippen LogP contribution in [0.15, 0.2) is 18.2 Å². The summed E-state index contributed by atoms with van der Waals surface area (Å²) in [5.41, 5.74) is 1.35. The van der Waals surface area contributed by atoms with E-state index in [1.807, 2.05) is 25.1 Å². The second kappa shape index (κ2) is 5.55. The molecule has 1 aromatic rings. The number of quaternary nitrogens is 1. The topological polar surface area (TPSA) is 25.8 Å². The fourth-order valence-corrected chi connectivity index (χ4v) is 1.66. The van der Waals surface area contributed by atoms with E-state index in [4.69, 9.17) is 16.3 Å². The molecule has 0 saturated heterocycles. The second-order valence-corrected chi connectivity index (χ2v) is 5.55. The zero-order valence-corrected chi connectivity index (χ0v) is 11.3. The van der Waals surface area contributed by atoms with Crippen LogP contribution >= 0.6 is 11.6 Å². The third kappa shape index (κ3) is 4.86. The van der Waals surface area contributed by atoms with E-state index in [-0.39, 0.29) is 5.54 Å².